The van der Waals surface area contributed by atoms with Crippen LogP contribution in [0.15, 0.2) is 48.4 Å². The fourth-order valence-electron chi connectivity index (χ4n) is 6.89. The van der Waals surface area contributed by atoms with Crippen molar-refractivity contribution in [1.82, 2.24) is 24.7 Å². The second-order valence-corrected chi connectivity index (χ2v) is 11.9. The minimum atomic E-state index is 0.00191. The van der Waals surface area contributed by atoms with Gasteiger partial charge in [-0.2, -0.15) is 0 Å². The molecule has 39 heavy (non-hydrogen) atoms. The summed E-state index contributed by atoms with van der Waals surface area (Å²) in [6, 6.07) is 10.7. The Morgan fingerprint density at radius 3 is 2.44 bits per heavy atom. The van der Waals surface area contributed by atoms with Gasteiger partial charge >= 0.3 is 0 Å². The van der Waals surface area contributed by atoms with E-state index in [9.17, 15) is 9.59 Å². The van der Waals surface area contributed by atoms with Crippen LogP contribution in [-0.2, 0) is 14.9 Å². The van der Waals surface area contributed by atoms with Crippen LogP contribution in [0.1, 0.15) is 53.0 Å². The van der Waals surface area contributed by atoms with Gasteiger partial charge in [0.25, 0.3) is 5.91 Å². The summed E-state index contributed by atoms with van der Waals surface area (Å²) in [5.74, 6) is 1.14. The molecule has 4 aliphatic heterocycles. The van der Waals surface area contributed by atoms with E-state index in [1.807, 2.05) is 18.7 Å². The first-order valence-electron chi connectivity index (χ1n) is 14.3. The van der Waals surface area contributed by atoms with E-state index < -0.39 is 0 Å². The molecule has 0 aliphatic carbocycles. The Balaban J connectivity index is 1.07. The maximum Gasteiger partial charge on any atom is 0.261 e. The zero-order valence-corrected chi connectivity index (χ0v) is 23.1. The lowest BCUT2D eigenvalue weighted by Crippen LogP contribution is -2.62. The number of hydrogen-bond acceptors (Lipinski definition) is 6. The van der Waals surface area contributed by atoms with Crippen LogP contribution in [0, 0.1) is 25.7 Å². The number of fused-ring (bicyclic) bond motifs is 1. The summed E-state index contributed by atoms with van der Waals surface area (Å²) in [7, 11) is 0. The van der Waals surface area contributed by atoms with Gasteiger partial charge in [0.1, 0.15) is 6.33 Å². The van der Waals surface area contributed by atoms with Crippen molar-refractivity contribution >= 4 is 11.8 Å². The summed E-state index contributed by atoms with van der Waals surface area (Å²) in [6.07, 6.45) is 7.25. The van der Waals surface area contributed by atoms with Crippen molar-refractivity contribution in [3.8, 4) is 0 Å². The van der Waals surface area contributed by atoms with Gasteiger partial charge in [-0.05, 0) is 56.7 Å². The van der Waals surface area contributed by atoms with E-state index in [1.54, 1.807) is 0 Å². The average Bonchev–Trinajstić information content (AvgIpc) is 3.48. The zero-order chi connectivity index (χ0) is 27.0. The first-order chi connectivity index (χ1) is 18.9. The quantitative estimate of drug-likeness (QED) is 0.548. The Morgan fingerprint density at radius 2 is 1.74 bits per heavy atom. The highest BCUT2D eigenvalue weighted by Crippen LogP contribution is 2.40. The Hall–Kier alpha value is -3.10. The van der Waals surface area contributed by atoms with Gasteiger partial charge in [0.15, 0.2) is 0 Å². The number of benzene rings is 1. The van der Waals surface area contributed by atoms with Crippen LogP contribution in [-0.4, -0.2) is 89.0 Å². The van der Waals surface area contributed by atoms with E-state index in [4.69, 9.17) is 4.74 Å². The van der Waals surface area contributed by atoms with Gasteiger partial charge in [-0.1, -0.05) is 30.3 Å². The lowest BCUT2D eigenvalue weighted by molar-refractivity contribution is -0.141. The molecule has 6 rings (SSSR count). The van der Waals surface area contributed by atoms with Crippen LogP contribution in [0.4, 0.5) is 0 Å². The summed E-state index contributed by atoms with van der Waals surface area (Å²) < 4.78 is 5.47. The van der Waals surface area contributed by atoms with Crippen molar-refractivity contribution in [1.29, 1.82) is 0 Å². The van der Waals surface area contributed by atoms with Gasteiger partial charge in [0.05, 0.1) is 17.0 Å². The van der Waals surface area contributed by atoms with Crippen LogP contribution in [0.2, 0.25) is 0 Å². The summed E-state index contributed by atoms with van der Waals surface area (Å²) in [6.45, 7) is 10.5. The molecule has 0 N–H and O–H groups in total. The summed E-state index contributed by atoms with van der Waals surface area (Å²) in [5, 5.41) is 0. The molecule has 3 fully saturated rings. The van der Waals surface area contributed by atoms with Crippen LogP contribution in [0.25, 0.3) is 0 Å². The largest absolute Gasteiger partial charge is 0.381 e. The lowest BCUT2D eigenvalue weighted by Gasteiger charge is -2.51. The summed E-state index contributed by atoms with van der Waals surface area (Å²) >= 11 is 0. The number of ether oxygens (including phenoxy) is 1. The number of aromatic nitrogens is 2. The first-order valence-corrected chi connectivity index (χ1v) is 14.3. The molecule has 0 saturated carbocycles. The molecule has 2 amide bonds. The highest BCUT2D eigenvalue weighted by molar-refractivity contribution is 5.97. The second-order valence-electron chi connectivity index (χ2n) is 11.9. The van der Waals surface area contributed by atoms with Gasteiger partial charge < -0.3 is 14.5 Å². The van der Waals surface area contributed by atoms with Crippen LogP contribution in [0.3, 0.4) is 0 Å². The van der Waals surface area contributed by atoms with E-state index in [1.165, 1.54) is 17.5 Å². The fourth-order valence-corrected chi connectivity index (χ4v) is 6.89. The minimum absolute atomic E-state index is 0.00191. The second kappa shape index (κ2) is 10.8. The number of amides is 2. The molecule has 8 heteroatoms. The molecule has 1 aromatic heterocycles. The van der Waals surface area contributed by atoms with E-state index in [0.717, 1.165) is 83.1 Å². The number of aryl methyl sites for hydroxylation is 2. The number of carbonyl (C=O) groups is 2. The van der Waals surface area contributed by atoms with E-state index in [0.29, 0.717) is 29.7 Å². The van der Waals surface area contributed by atoms with Crippen molar-refractivity contribution in [2.45, 2.75) is 44.9 Å². The van der Waals surface area contributed by atoms with E-state index in [-0.39, 0.29) is 11.3 Å². The highest BCUT2D eigenvalue weighted by atomic mass is 16.5. The Kier molecular flexibility index (Phi) is 7.25. The molecule has 5 heterocycles. The van der Waals surface area contributed by atoms with Gasteiger partial charge in [0.2, 0.25) is 5.91 Å². The third-order valence-corrected chi connectivity index (χ3v) is 9.29. The SMILES string of the molecule is Cc1ncnc(C)c1C(=O)N1C=C2CN(CCC3(c4ccccc4)CN(C(=O)CC4CCOCC4)C3)CC2C1. The molecule has 0 bridgehead atoms. The fraction of sp³-hybridized carbons (Fsp3) is 0.548. The third kappa shape index (κ3) is 5.24. The van der Waals surface area contributed by atoms with Crippen molar-refractivity contribution in [3.05, 3.63) is 70.9 Å². The summed E-state index contributed by atoms with van der Waals surface area (Å²) in [5.41, 5.74) is 4.78. The molecule has 0 spiro atoms. The topological polar surface area (TPSA) is 78.9 Å². The number of nitrogens with zero attached hydrogens (tertiary/aromatic N) is 5. The smallest absolute Gasteiger partial charge is 0.261 e. The predicted molar refractivity (Wildman–Crippen MR) is 148 cm³/mol. The Morgan fingerprint density at radius 1 is 1.03 bits per heavy atom. The molecule has 1 unspecified atom stereocenters. The lowest BCUT2D eigenvalue weighted by atomic mass is 9.70. The highest BCUT2D eigenvalue weighted by Gasteiger charge is 2.47. The standard InChI is InChI=1S/C31H39N5O3/c1-22-29(23(2)33-21-32-22)30(38)35-17-25-15-34(16-26(25)18-35)11-10-31(27-6-4-3-5-7-27)19-36(20-31)28(37)14-24-8-12-39-13-9-24/h3-7,17,21,24,26H,8-16,18-20H2,1-2H3. The molecule has 1 atom stereocenters. The van der Waals surface area contributed by atoms with Gasteiger partial charge in [-0.15, -0.1) is 0 Å². The first kappa shape index (κ1) is 26.1. The van der Waals surface area contributed by atoms with Crippen molar-refractivity contribution in [2.24, 2.45) is 11.8 Å². The monoisotopic (exact) mass is 529 g/mol. The van der Waals surface area contributed by atoms with Gasteiger partial charge in [-0.25, -0.2) is 9.97 Å². The van der Waals surface area contributed by atoms with Gasteiger partial charge in [0, 0.05) is 69.9 Å². The molecule has 3 saturated heterocycles. The van der Waals surface area contributed by atoms with Crippen LogP contribution >= 0.6 is 0 Å². The van der Waals surface area contributed by atoms with Crippen molar-refractivity contribution < 1.29 is 14.3 Å². The molecule has 2 aromatic rings. The normalized spacial score (nSPS) is 22.9. The number of carbonyl (C=O) groups excluding carboxylic acids is 2. The van der Waals surface area contributed by atoms with Crippen molar-refractivity contribution in [3.63, 3.8) is 0 Å². The minimum Gasteiger partial charge on any atom is -0.381 e. The van der Waals surface area contributed by atoms with Gasteiger partial charge in [-0.3, -0.25) is 14.5 Å². The Labute approximate surface area is 231 Å². The summed E-state index contributed by atoms with van der Waals surface area (Å²) in [4.78, 5) is 41.2. The maximum absolute atomic E-state index is 13.2. The molecule has 8 nitrogen and oxygen atoms in total. The Bertz CT molecular complexity index is 1230. The third-order valence-electron chi connectivity index (χ3n) is 9.29. The molecule has 1 aromatic carbocycles. The molecule has 4 aliphatic rings. The predicted octanol–water partition coefficient (Wildman–Crippen LogP) is 3.35. The molecule has 0 radical (unpaired) electrons. The van der Waals surface area contributed by atoms with E-state index >= 15 is 0 Å². The van der Waals surface area contributed by atoms with Crippen LogP contribution < -0.4 is 0 Å². The number of likely N-dealkylation sites (tertiary alicyclic amines) is 2. The average molecular weight is 530 g/mol. The van der Waals surface area contributed by atoms with E-state index in [2.05, 4.69) is 56.3 Å². The number of rotatable bonds is 7. The molecular weight excluding hydrogens is 490 g/mol. The van der Waals surface area contributed by atoms with Crippen molar-refractivity contribution in [2.75, 3.05) is 52.5 Å². The zero-order valence-electron chi connectivity index (χ0n) is 23.1. The van der Waals surface area contributed by atoms with Crippen LogP contribution in [0.5, 0.6) is 0 Å². The number of hydrogen-bond donors (Lipinski definition) is 0. The molecule has 206 valence electrons. The maximum atomic E-state index is 13.2. The molecular formula is C31H39N5O3.